The van der Waals surface area contributed by atoms with Gasteiger partial charge in [-0.05, 0) is 31.5 Å². The van der Waals surface area contributed by atoms with Gasteiger partial charge in [-0.25, -0.2) is 4.79 Å². The minimum atomic E-state index is -0.611. The van der Waals surface area contributed by atoms with E-state index in [1.54, 1.807) is 0 Å². The van der Waals surface area contributed by atoms with E-state index in [2.05, 4.69) is 16.0 Å². The highest BCUT2D eigenvalue weighted by molar-refractivity contribution is 5.76. The molecule has 34 heavy (non-hydrogen) atoms. The van der Waals surface area contributed by atoms with Crippen LogP contribution in [0.3, 0.4) is 0 Å². The molecule has 1 aromatic carbocycles. The lowest BCUT2D eigenvalue weighted by atomic mass is 10.2. The highest BCUT2D eigenvalue weighted by Crippen LogP contribution is 2.01. The maximum absolute atomic E-state index is 12.2. The number of nitrogens with one attached hydrogen (secondary N) is 3. The van der Waals surface area contributed by atoms with E-state index >= 15 is 0 Å². The van der Waals surface area contributed by atoms with Crippen molar-refractivity contribution in [2.75, 3.05) is 52.6 Å². The zero-order valence-electron chi connectivity index (χ0n) is 19.8. The Morgan fingerprint density at radius 3 is 1.85 bits per heavy atom. The molecule has 0 aromatic heterocycles. The Labute approximate surface area is 201 Å². The van der Waals surface area contributed by atoms with Crippen LogP contribution in [0.5, 0.6) is 0 Å². The van der Waals surface area contributed by atoms with Crippen molar-refractivity contribution in [2.45, 2.75) is 38.3 Å². The first-order valence-corrected chi connectivity index (χ1v) is 11.6. The Bertz CT molecular complexity index is 662. The molecular formula is C23H39N5O6. The van der Waals surface area contributed by atoms with Crippen molar-refractivity contribution >= 4 is 17.9 Å². The summed E-state index contributed by atoms with van der Waals surface area (Å²) in [7, 11) is 0. The Kier molecular flexibility index (Phi) is 17.0. The van der Waals surface area contributed by atoms with Gasteiger partial charge in [-0.1, -0.05) is 30.3 Å². The minimum absolute atomic E-state index is 0.124. The Morgan fingerprint density at radius 2 is 1.35 bits per heavy atom. The lowest BCUT2D eigenvalue weighted by Gasteiger charge is -2.19. The Balaban J connectivity index is 2.38. The van der Waals surface area contributed by atoms with Crippen molar-refractivity contribution < 1.29 is 28.6 Å². The molecule has 0 aliphatic heterocycles. The van der Waals surface area contributed by atoms with Crippen molar-refractivity contribution in [3.63, 3.8) is 0 Å². The number of alkyl carbamates (subject to hydrolysis) is 1. The third-order valence-corrected chi connectivity index (χ3v) is 4.53. The molecule has 7 N–H and O–H groups in total. The normalized spacial score (nSPS) is 10.7. The molecule has 0 heterocycles. The molecule has 1 rings (SSSR count). The van der Waals surface area contributed by atoms with Gasteiger partial charge in [-0.2, -0.15) is 0 Å². The van der Waals surface area contributed by atoms with Gasteiger partial charge >= 0.3 is 6.09 Å². The maximum atomic E-state index is 12.2. The number of ether oxygens (including phenoxy) is 3. The first-order valence-electron chi connectivity index (χ1n) is 11.6. The van der Waals surface area contributed by atoms with Crippen LogP contribution < -0.4 is 27.4 Å². The van der Waals surface area contributed by atoms with Crippen LogP contribution in [-0.4, -0.2) is 76.6 Å². The number of hydrogen-bond acceptors (Lipinski definition) is 8. The average Bonchev–Trinajstić information content (AvgIpc) is 2.84. The molecule has 11 heteroatoms. The fourth-order valence-corrected chi connectivity index (χ4v) is 2.68. The van der Waals surface area contributed by atoms with Gasteiger partial charge in [0.25, 0.3) is 0 Å². The molecule has 0 aliphatic rings. The molecule has 0 bridgehead atoms. The molecular weight excluding hydrogens is 442 g/mol. The molecule has 0 atom stereocenters. The van der Waals surface area contributed by atoms with Crippen molar-refractivity contribution in [1.82, 2.24) is 16.0 Å². The van der Waals surface area contributed by atoms with E-state index in [0.717, 1.165) is 5.56 Å². The second-order valence-corrected chi connectivity index (χ2v) is 7.54. The van der Waals surface area contributed by atoms with Crippen LogP contribution in [0, 0.1) is 0 Å². The third kappa shape index (κ3) is 16.0. The zero-order valence-corrected chi connectivity index (χ0v) is 19.8. The molecule has 0 unspecified atom stereocenters. The number of nitrogens with two attached hydrogens (primary N) is 2. The van der Waals surface area contributed by atoms with Crippen molar-refractivity contribution in [1.29, 1.82) is 0 Å². The number of carbonyl (C=O) groups excluding carboxylic acids is 3. The van der Waals surface area contributed by atoms with Crippen molar-refractivity contribution in [3.8, 4) is 0 Å². The summed E-state index contributed by atoms with van der Waals surface area (Å²) < 4.78 is 16.4. The second-order valence-electron chi connectivity index (χ2n) is 7.54. The lowest BCUT2D eigenvalue weighted by molar-refractivity contribution is -0.122. The molecule has 1 aromatic rings. The summed E-state index contributed by atoms with van der Waals surface area (Å²) in [6.07, 6.45) is 1.21. The quantitative estimate of drug-likeness (QED) is 0.172. The van der Waals surface area contributed by atoms with Crippen molar-refractivity contribution in [3.05, 3.63) is 35.9 Å². The highest BCUT2D eigenvalue weighted by atomic mass is 16.6. The molecule has 0 saturated heterocycles. The predicted octanol–water partition coefficient (Wildman–Crippen LogP) is 0.0248. The van der Waals surface area contributed by atoms with Gasteiger partial charge in [0.05, 0.1) is 32.5 Å². The number of carbonyl (C=O) groups is 3. The van der Waals surface area contributed by atoms with Crippen LogP contribution in [0.15, 0.2) is 30.3 Å². The second kappa shape index (κ2) is 19.7. The molecule has 11 nitrogen and oxygen atoms in total. The topological polar surface area (TPSA) is 167 Å². The lowest BCUT2D eigenvalue weighted by Crippen LogP contribution is -2.42. The van der Waals surface area contributed by atoms with Crippen LogP contribution >= 0.6 is 0 Å². The molecule has 0 aliphatic carbocycles. The summed E-state index contributed by atoms with van der Waals surface area (Å²) in [5.41, 5.74) is 11.7. The van der Waals surface area contributed by atoms with Gasteiger partial charge in [0.1, 0.15) is 6.61 Å². The summed E-state index contributed by atoms with van der Waals surface area (Å²) >= 11 is 0. The fraction of sp³-hybridized carbons (Fsp3) is 0.609. The molecule has 0 fully saturated rings. The summed E-state index contributed by atoms with van der Waals surface area (Å²) in [6, 6.07) is 8.80. The number of rotatable bonds is 19. The molecule has 0 saturated carbocycles. The third-order valence-electron chi connectivity index (χ3n) is 4.53. The van der Waals surface area contributed by atoms with Crippen molar-refractivity contribution in [2.24, 2.45) is 11.5 Å². The van der Waals surface area contributed by atoms with Crippen LogP contribution in [-0.2, 0) is 30.4 Å². The Hall–Kier alpha value is -2.73. The number of benzene rings is 1. The van der Waals surface area contributed by atoms with Gasteiger partial charge in [0, 0.05) is 25.9 Å². The van der Waals surface area contributed by atoms with Gasteiger partial charge in [0.2, 0.25) is 11.8 Å². The summed E-state index contributed by atoms with van der Waals surface area (Å²) in [5.74, 6) is -0.255. The van der Waals surface area contributed by atoms with E-state index in [1.807, 2.05) is 30.3 Å². The van der Waals surface area contributed by atoms with Crippen LogP contribution in [0.2, 0.25) is 0 Å². The maximum Gasteiger partial charge on any atom is 0.407 e. The molecule has 0 spiro atoms. The average molecular weight is 482 g/mol. The first-order chi connectivity index (χ1) is 16.5. The van der Waals surface area contributed by atoms with Gasteiger partial charge in [-0.15, -0.1) is 0 Å². The minimum Gasteiger partial charge on any atom is -0.445 e. The van der Waals surface area contributed by atoms with Crippen LogP contribution in [0.4, 0.5) is 4.79 Å². The largest absolute Gasteiger partial charge is 0.445 e. The summed E-state index contributed by atoms with van der Waals surface area (Å²) in [4.78, 5) is 35.7. The summed E-state index contributed by atoms with van der Waals surface area (Å²) in [6.45, 7) is 2.84. The smallest absolute Gasteiger partial charge is 0.407 e. The van der Waals surface area contributed by atoms with Crippen LogP contribution in [0.1, 0.15) is 31.2 Å². The standard InChI is InChI=1S/C23H39N5O6/c24-10-4-12-26-21(29)8-14-32-17-20(18-33-15-9-22(30)27-13-5-11-25)28-23(31)34-16-19-6-2-1-3-7-19/h1-3,6-7,20H,4-5,8-18,24-25H2,(H,26,29)(H,27,30)(H,28,31). The van der Waals surface area contributed by atoms with E-state index in [9.17, 15) is 14.4 Å². The van der Waals surface area contributed by atoms with E-state index in [-0.39, 0.29) is 57.7 Å². The predicted molar refractivity (Wildman–Crippen MR) is 128 cm³/mol. The van der Waals surface area contributed by atoms with E-state index < -0.39 is 12.1 Å². The molecule has 0 radical (unpaired) electrons. The number of hydrogen-bond donors (Lipinski definition) is 5. The van der Waals surface area contributed by atoms with E-state index in [0.29, 0.717) is 39.0 Å². The summed E-state index contributed by atoms with van der Waals surface area (Å²) in [5, 5.41) is 8.20. The van der Waals surface area contributed by atoms with E-state index in [4.69, 9.17) is 25.7 Å². The van der Waals surface area contributed by atoms with Gasteiger partial charge in [0.15, 0.2) is 0 Å². The Morgan fingerprint density at radius 1 is 0.824 bits per heavy atom. The zero-order chi connectivity index (χ0) is 24.9. The van der Waals surface area contributed by atoms with Gasteiger partial charge in [-0.3, -0.25) is 9.59 Å². The molecule has 3 amide bonds. The monoisotopic (exact) mass is 481 g/mol. The van der Waals surface area contributed by atoms with Gasteiger partial charge < -0.3 is 41.6 Å². The number of amides is 3. The first kappa shape index (κ1) is 29.3. The van der Waals surface area contributed by atoms with Crippen LogP contribution in [0.25, 0.3) is 0 Å². The van der Waals surface area contributed by atoms with E-state index in [1.165, 1.54) is 0 Å². The fourth-order valence-electron chi connectivity index (χ4n) is 2.68. The SMILES string of the molecule is NCCCNC(=O)CCOCC(COCCC(=O)NCCCN)NC(=O)OCc1ccccc1. The highest BCUT2D eigenvalue weighted by Gasteiger charge is 2.15. The molecule has 192 valence electrons.